The molecular weight excluding hydrogens is 467 g/mol. The molecule has 5 aromatic rings. The minimum atomic E-state index is -0.551. The van der Waals surface area contributed by atoms with Crippen molar-refractivity contribution < 1.29 is 13.6 Å². The normalized spacial score (nSPS) is 17.6. The van der Waals surface area contributed by atoms with Crippen LogP contribution in [0.1, 0.15) is 57.4 Å². The largest absolute Gasteiger partial charge is 0.429 e. The number of benzene rings is 1. The van der Waals surface area contributed by atoms with Gasteiger partial charge in [0.2, 0.25) is 11.7 Å². The molecule has 0 spiro atoms. The van der Waals surface area contributed by atoms with E-state index in [0.29, 0.717) is 45.5 Å². The molecular formula is C25H19FN6O2S. The van der Waals surface area contributed by atoms with Crippen molar-refractivity contribution in [3.63, 3.8) is 0 Å². The van der Waals surface area contributed by atoms with Crippen LogP contribution in [0.4, 0.5) is 4.39 Å². The maximum atomic E-state index is 14.5. The first-order valence-corrected chi connectivity index (χ1v) is 12.3. The van der Waals surface area contributed by atoms with Gasteiger partial charge in [0, 0.05) is 30.8 Å². The van der Waals surface area contributed by atoms with E-state index in [4.69, 9.17) is 9.40 Å². The Bertz CT molecular complexity index is 1570. The molecule has 1 fully saturated rings. The standard InChI is InChI=1S/C25H19FN6O2S/c26-14-4-3-6-16-22(14)35-24(30-16)20-19-15(28-12-29-19)9-11-32(20)25(33)21-18(13-7-8-13)31-23(34-21)17-5-1-2-10-27-17/h1-6,10,12-13,20H,7-9,11H2,(H,28,29)/t20-/m0/s1. The molecule has 1 atom stereocenters. The van der Waals surface area contributed by atoms with Crippen molar-refractivity contribution in [3.05, 3.63) is 82.6 Å². The highest BCUT2D eigenvalue weighted by molar-refractivity contribution is 7.18. The molecule has 1 amide bonds. The molecule has 1 N–H and O–H groups in total. The summed E-state index contributed by atoms with van der Waals surface area (Å²) in [4.78, 5) is 37.2. The fourth-order valence-electron chi connectivity index (χ4n) is 4.64. The van der Waals surface area contributed by atoms with Crippen molar-refractivity contribution >= 4 is 27.5 Å². The Morgan fingerprint density at radius 2 is 2.03 bits per heavy atom. The molecule has 5 heterocycles. The molecule has 8 nitrogen and oxygen atoms in total. The smallest absolute Gasteiger partial charge is 0.292 e. The molecule has 1 aliphatic carbocycles. The molecule has 0 unspecified atom stereocenters. The van der Waals surface area contributed by atoms with Crippen LogP contribution in [-0.4, -0.2) is 42.3 Å². The zero-order valence-electron chi connectivity index (χ0n) is 18.4. The number of oxazole rings is 1. The van der Waals surface area contributed by atoms with Crippen LogP contribution in [0.2, 0.25) is 0 Å². The third kappa shape index (κ3) is 3.35. The number of hydrogen-bond acceptors (Lipinski definition) is 7. The van der Waals surface area contributed by atoms with Gasteiger partial charge in [-0.1, -0.05) is 12.1 Å². The van der Waals surface area contributed by atoms with Crippen molar-refractivity contribution in [2.45, 2.75) is 31.2 Å². The SMILES string of the molecule is O=C(c1oc(-c2ccccn2)nc1C1CC1)N1CCc2[nH]cnc2[C@H]1c1nc2cccc(F)c2s1. The summed E-state index contributed by atoms with van der Waals surface area (Å²) < 4.78 is 21.0. The molecule has 1 saturated carbocycles. The number of carbonyl (C=O) groups excluding carboxylic acids is 1. The number of halogens is 1. The fourth-order valence-corrected chi connectivity index (χ4v) is 5.73. The third-order valence-corrected chi connectivity index (χ3v) is 7.63. The molecule has 1 aliphatic heterocycles. The van der Waals surface area contributed by atoms with Crippen molar-refractivity contribution in [3.8, 4) is 11.6 Å². The van der Waals surface area contributed by atoms with Gasteiger partial charge in [-0.3, -0.25) is 9.78 Å². The molecule has 0 radical (unpaired) electrons. The fraction of sp³-hybridized carbons (Fsp3) is 0.240. The van der Waals surface area contributed by atoms with E-state index in [2.05, 4.69) is 19.9 Å². The number of nitrogens with zero attached hydrogens (tertiary/aromatic N) is 5. The number of H-pyrrole nitrogens is 1. The number of rotatable bonds is 4. The number of thiazole rings is 1. The van der Waals surface area contributed by atoms with Gasteiger partial charge in [-0.15, -0.1) is 11.3 Å². The number of fused-ring (bicyclic) bond motifs is 2. The monoisotopic (exact) mass is 486 g/mol. The second-order valence-electron chi connectivity index (χ2n) is 8.78. The Morgan fingerprint density at radius 1 is 1.11 bits per heavy atom. The first-order valence-electron chi connectivity index (χ1n) is 11.5. The minimum absolute atomic E-state index is 0.205. The molecule has 0 bridgehead atoms. The predicted molar refractivity (Wildman–Crippen MR) is 126 cm³/mol. The first kappa shape index (κ1) is 20.5. The Labute approximate surface area is 202 Å². The van der Waals surface area contributed by atoms with E-state index in [1.807, 2.05) is 18.2 Å². The van der Waals surface area contributed by atoms with Gasteiger partial charge in [-0.05, 0) is 37.1 Å². The second kappa shape index (κ2) is 7.81. The highest BCUT2D eigenvalue weighted by Gasteiger charge is 2.41. The third-order valence-electron chi connectivity index (χ3n) is 6.50. The summed E-state index contributed by atoms with van der Waals surface area (Å²) in [7, 11) is 0. The summed E-state index contributed by atoms with van der Waals surface area (Å²) >= 11 is 1.25. The van der Waals surface area contributed by atoms with Crippen molar-refractivity contribution in [2.75, 3.05) is 6.54 Å². The molecule has 2 aliphatic rings. The van der Waals surface area contributed by atoms with Crippen LogP contribution >= 0.6 is 11.3 Å². The van der Waals surface area contributed by atoms with E-state index in [0.717, 1.165) is 24.2 Å². The number of nitrogens with one attached hydrogen (secondary N) is 1. The highest BCUT2D eigenvalue weighted by Crippen LogP contribution is 2.44. The zero-order valence-corrected chi connectivity index (χ0v) is 19.3. The average molecular weight is 487 g/mol. The van der Waals surface area contributed by atoms with Crippen LogP contribution in [0.25, 0.3) is 21.8 Å². The van der Waals surface area contributed by atoms with Gasteiger partial charge >= 0.3 is 0 Å². The van der Waals surface area contributed by atoms with E-state index >= 15 is 0 Å². The first-order chi connectivity index (χ1) is 17.2. The van der Waals surface area contributed by atoms with Gasteiger partial charge < -0.3 is 14.3 Å². The van der Waals surface area contributed by atoms with Gasteiger partial charge in [0.25, 0.3) is 5.91 Å². The minimum Gasteiger partial charge on any atom is -0.429 e. The van der Waals surface area contributed by atoms with Gasteiger partial charge in [-0.25, -0.2) is 19.3 Å². The lowest BCUT2D eigenvalue weighted by Crippen LogP contribution is -2.41. The zero-order chi connectivity index (χ0) is 23.5. The van der Waals surface area contributed by atoms with E-state index in [9.17, 15) is 9.18 Å². The Morgan fingerprint density at radius 3 is 2.83 bits per heavy atom. The van der Waals surface area contributed by atoms with E-state index in [-0.39, 0.29) is 23.4 Å². The van der Waals surface area contributed by atoms with Gasteiger partial charge in [-0.2, -0.15) is 0 Å². The summed E-state index contributed by atoms with van der Waals surface area (Å²) in [5.41, 5.74) is 3.50. The number of carbonyl (C=O) groups is 1. The Balaban J connectivity index is 1.34. The predicted octanol–water partition coefficient (Wildman–Crippen LogP) is 4.87. The van der Waals surface area contributed by atoms with Gasteiger partial charge in [0.1, 0.15) is 22.6 Å². The number of pyridine rings is 1. The van der Waals surface area contributed by atoms with Gasteiger partial charge in [0.15, 0.2) is 0 Å². The molecule has 174 valence electrons. The van der Waals surface area contributed by atoms with Crippen molar-refractivity contribution in [2.24, 2.45) is 0 Å². The molecule has 1 aromatic carbocycles. The maximum Gasteiger partial charge on any atom is 0.292 e. The summed E-state index contributed by atoms with van der Waals surface area (Å²) in [6, 6.07) is 9.78. The van der Waals surface area contributed by atoms with E-state index in [1.165, 1.54) is 17.4 Å². The highest BCUT2D eigenvalue weighted by atomic mass is 32.1. The van der Waals surface area contributed by atoms with Crippen LogP contribution in [0.5, 0.6) is 0 Å². The van der Waals surface area contributed by atoms with Crippen LogP contribution < -0.4 is 0 Å². The number of aromatic nitrogens is 5. The van der Waals surface area contributed by atoms with Crippen molar-refractivity contribution in [1.29, 1.82) is 0 Å². The number of amides is 1. The molecule has 4 aromatic heterocycles. The van der Waals surface area contributed by atoms with Crippen LogP contribution in [-0.2, 0) is 6.42 Å². The second-order valence-corrected chi connectivity index (χ2v) is 9.81. The topological polar surface area (TPSA) is 101 Å². The lowest BCUT2D eigenvalue weighted by molar-refractivity contribution is 0.0657. The van der Waals surface area contributed by atoms with Crippen LogP contribution in [0, 0.1) is 5.82 Å². The summed E-state index contributed by atoms with van der Waals surface area (Å²) in [5, 5.41) is 0.615. The average Bonchev–Trinajstić information content (AvgIpc) is 3.28. The van der Waals surface area contributed by atoms with Crippen LogP contribution in [0.3, 0.4) is 0 Å². The quantitative estimate of drug-likeness (QED) is 0.389. The lowest BCUT2D eigenvalue weighted by atomic mass is 10.0. The number of imidazole rings is 1. The lowest BCUT2D eigenvalue weighted by Gasteiger charge is -2.33. The molecule has 35 heavy (non-hydrogen) atoms. The van der Waals surface area contributed by atoms with E-state index in [1.54, 1.807) is 29.6 Å². The maximum absolute atomic E-state index is 14.5. The Hall–Kier alpha value is -3.92. The van der Waals surface area contributed by atoms with Gasteiger partial charge in [0.05, 0.1) is 27.9 Å². The number of hydrogen-bond donors (Lipinski definition) is 1. The van der Waals surface area contributed by atoms with Crippen LogP contribution in [0.15, 0.2) is 53.3 Å². The van der Waals surface area contributed by atoms with E-state index < -0.39 is 6.04 Å². The number of aromatic amines is 1. The summed E-state index contributed by atoms with van der Waals surface area (Å²) in [6.45, 7) is 0.445. The molecule has 7 rings (SSSR count). The summed E-state index contributed by atoms with van der Waals surface area (Å²) in [5.74, 6) is 0.195. The molecule has 0 saturated heterocycles. The molecule has 10 heteroatoms. The Kier molecular flexibility index (Phi) is 4.56. The van der Waals surface area contributed by atoms with Crippen molar-refractivity contribution in [1.82, 2.24) is 29.8 Å². The summed E-state index contributed by atoms with van der Waals surface area (Å²) in [6.07, 6.45) is 5.86.